The lowest BCUT2D eigenvalue weighted by Gasteiger charge is -2.39. The maximum Gasteiger partial charge on any atom is 0.261 e. The average molecular weight is 589 g/mol. The number of aryl methyl sites for hydroxylation is 3. The fourth-order valence-electron chi connectivity index (χ4n) is 5.46. The van der Waals surface area contributed by atoms with E-state index in [1.165, 1.54) is 7.11 Å². The molecule has 4 bridgehead atoms. The standard InChI is InChI=1S/C32H36N4O7/c1-19-14-20(2)34-31(39)30(19)32(40)36-13-12-25-24(17-36)35-29(38)18-42-26-10-6-21(15-27(26)41-3)7-11-28(37)33-16-22-4-8-23(43-25)9-5-22/h4-6,8-10,14-15,24-25H,7,11-13,16-18H2,1-3H3,(H,33,37)(H,34,39)(H,35,38)/t24-,25-/m1/s1. The van der Waals surface area contributed by atoms with E-state index in [9.17, 15) is 19.2 Å². The Morgan fingerprint density at radius 2 is 1.74 bits per heavy atom. The molecule has 5 aliphatic heterocycles. The van der Waals surface area contributed by atoms with Crippen molar-refractivity contribution in [3.63, 3.8) is 0 Å². The summed E-state index contributed by atoms with van der Waals surface area (Å²) in [5.41, 5.74) is 2.73. The zero-order valence-corrected chi connectivity index (χ0v) is 24.5. The smallest absolute Gasteiger partial charge is 0.261 e. The number of nitrogens with zero attached hydrogens (tertiary/aromatic N) is 1. The van der Waals surface area contributed by atoms with E-state index >= 15 is 0 Å². The van der Waals surface area contributed by atoms with Gasteiger partial charge in [0.05, 0.1) is 13.2 Å². The number of carbonyl (C=O) groups excluding carboxylic acids is 3. The molecule has 1 saturated heterocycles. The summed E-state index contributed by atoms with van der Waals surface area (Å²) in [4.78, 5) is 56.0. The van der Waals surface area contributed by atoms with Crippen molar-refractivity contribution in [2.45, 2.75) is 51.8 Å². The first-order chi connectivity index (χ1) is 20.7. The van der Waals surface area contributed by atoms with Gasteiger partial charge in [0.25, 0.3) is 17.4 Å². The monoisotopic (exact) mass is 588 g/mol. The van der Waals surface area contributed by atoms with Gasteiger partial charge in [0, 0.05) is 38.2 Å². The van der Waals surface area contributed by atoms with Gasteiger partial charge in [-0.1, -0.05) is 18.2 Å². The molecule has 11 heteroatoms. The highest BCUT2D eigenvalue weighted by Crippen LogP contribution is 2.29. The third-order valence-corrected chi connectivity index (χ3v) is 7.69. The van der Waals surface area contributed by atoms with Crippen LogP contribution >= 0.6 is 0 Å². The number of carbonyl (C=O) groups is 3. The van der Waals surface area contributed by atoms with Crippen molar-refractivity contribution >= 4 is 17.7 Å². The predicted octanol–water partition coefficient (Wildman–Crippen LogP) is 2.42. The van der Waals surface area contributed by atoms with Crippen LogP contribution in [0.5, 0.6) is 17.2 Å². The number of aromatic amines is 1. The van der Waals surface area contributed by atoms with Crippen LogP contribution in [-0.2, 0) is 22.6 Å². The molecular formula is C32H36N4O7. The van der Waals surface area contributed by atoms with Gasteiger partial charge in [-0.15, -0.1) is 0 Å². The van der Waals surface area contributed by atoms with E-state index in [0.717, 1.165) is 11.1 Å². The molecule has 1 aromatic heterocycles. The lowest BCUT2D eigenvalue weighted by Crippen LogP contribution is -2.59. The lowest BCUT2D eigenvalue weighted by molar-refractivity contribution is -0.125. The zero-order chi connectivity index (χ0) is 30.5. The largest absolute Gasteiger partial charge is 0.493 e. The first kappa shape index (κ1) is 29.7. The Hall–Kier alpha value is -4.80. The number of benzene rings is 2. The summed E-state index contributed by atoms with van der Waals surface area (Å²) in [6, 6.07) is 13.9. The molecule has 0 spiro atoms. The molecule has 0 radical (unpaired) electrons. The molecule has 1 fully saturated rings. The van der Waals surface area contributed by atoms with Crippen molar-refractivity contribution in [3.8, 4) is 17.2 Å². The number of piperidine rings is 1. The zero-order valence-electron chi connectivity index (χ0n) is 24.5. The first-order valence-electron chi connectivity index (χ1n) is 14.3. The van der Waals surface area contributed by atoms with Crippen LogP contribution in [0.15, 0.2) is 53.3 Å². The Morgan fingerprint density at radius 1 is 0.977 bits per heavy atom. The molecular weight excluding hydrogens is 552 g/mol. The highest BCUT2D eigenvalue weighted by atomic mass is 16.5. The number of ether oxygens (including phenoxy) is 3. The Bertz CT molecular complexity index is 1570. The fraction of sp³-hybridized carbons (Fsp3) is 0.375. The van der Waals surface area contributed by atoms with Gasteiger partial charge in [0.15, 0.2) is 18.1 Å². The fourth-order valence-corrected chi connectivity index (χ4v) is 5.46. The van der Waals surface area contributed by atoms with E-state index in [1.54, 1.807) is 36.9 Å². The van der Waals surface area contributed by atoms with Crippen molar-refractivity contribution in [1.82, 2.24) is 20.5 Å². The molecule has 3 N–H and O–H groups in total. The number of hydrogen-bond donors (Lipinski definition) is 3. The average Bonchev–Trinajstić information content (AvgIpc) is 2.98. The maximum atomic E-state index is 13.5. The molecule has 11 nitrogen and oxygen atoms in total. The second-order valence-electron chi connectivity index (χ2n) is 10.9. The molecule has 2 atom stereocenters. The minimum absolute atomic E-state index is 0.0716. The summed E-state index contributed by atoms with van der Waals surface area (Å²) in [5.74, 6) is 0.573. The van der Waals surface area contributed by atoms with Crippen molar-refractivity contribution in [3.05, 3.63) is 86.8 Å². The Kier molecular flexibility index (Phi) is 8.98. The molecule has 3 amide bonds. The number of pyridine rings is 1. The summed E-state index contributed by atoms with van der Waals surface area (Å²) in [5, 5.41) is 5.93. The molecule has 2 aromatic carbocycles. The Labute approximate surface area is 249 Å². The third-order valence-electron chi connectivity index (χ3n) is 7.69. The molecule has 0 saturated carbocycles. The van der Waals surface area contributed by atoms with Crippen LogP contribution in [0.1, 0.15) is 45.6 Å². The van der Waals surface area contributed by atoms with Crippen LogP contribution in [0.4, 0.5) is 0 Å². The second-order valence-corrected chi connectivity index (χ2v) is 10.9. The number of amides is 3. The van der Waals surface area contributed by atoms with Gasteiger partial charge < -0.3 is 34.7 Å². The molecule has 43 heavy (non-hydrogen) atoms. The molecule has 0 aliphatic carbocycles. The number of nitrogens with one attached hydrogen (secondary N) is 3. The van der Waals surface area contributed by atoms with Crippen LogP contribution in [0.3, 0.4) is 0 Å². The summed E-state index contributed by atoms with van der Waals surface area (Å²) >= 11 is 0. The third kappa shape index (κ3) is 7.17. The van der Waals surface area contributed by atoms with Gasteiger partial charge in [-0.05, 0) is 67.3 Å². The quantitative estimate of drug-likeness (QED) is 0.418. The predicted molar refractivity (Wildman–Crippen MR) is 159 cm³/mol. The Morgan fingerprint density at radius 3 is 2.49 bits per heavy atom. The maximum absolute atomic E-state index is 13.5. The highest BCUT2D eigenvalue weighted by molar-refractivity contribution is 5.95. The normalized spacial score (nSPS) is 19.4. The molecule has 0 unspecified atom stereocenters. The van der Waals surface area contributed by atoms with Crippen LogP contribution in [0, 0.1) is 13.8 Å². The van der Waals surface area contributed by atoms with Crippen molar-refractivity contribution in [2.75, 3.05) is 26.8 Å². The van der Waals surface area contributed by atoms with E-state index in [0.29, 0.717) is 60.9 Å². The van der Waals surface area contributed by atoms with E-state index in [-0.39, 0.29) is 24.6 Å². The van der Waals surface area contributed by atoms with Crippen LogP contribution in [0.25, 0.3) is 0 Å². The van der Waals surface area contributed by atoms with E-state index in [2.05, 4.69) is 15.6 Å². The van der Waals surface area contributed by atoms with Gasteiger partial charge in [-0.3, -0.25) is 19.2 Å². The minimum atomic E-state index is -0.576. The molecule has 3 aromatic rings. The van der Waals surface area contributed by atoms with E-state index in [4.69, 9.17) is 14.2 Å². The van der Waals surface area contributed by atoms with E-state index < -0.39 is 29.5 Å². The topological polar surface area (TPSA) is 139 Å². The van der Waals surface area contributed by atoms with Gasteiger partial charge in [-0.2, -0.15) is 0 Å². The van der Waals surface area contributed by atoms with Crippen LogP contribution < -0.4 is 30.4 Å². The Balaban J connectivity index is 1.40. The number of hydrogen-bond acceptors (Lipinski definition) is 7. The molecule has 6 heterocycles. The first-order valence-corrected chi connectivity index (χ1v) is 14.3. The van der Waals surface area contributed by atoms with Crippen LogP contribution in [0.2, 0.25) is 0 Å². The van der Waals surface area contributed by atoms with Gasteiger partial charge in [0.2, 0.25) is 5.91 Å². The number of aromatic nitrogens is 1. The highest BCUT2D eigenvalue weighted by Gasteiger charge is 2.35. The van der Waals surface area contributed by atoms with Gasteiger partial charge in [-0.25, -0.2) is 0 Å². The summed E-state index contributed by atoms with van der Waals surface area (Å²) in [6.07, 6.45) is 0.804. The lowest BCUT2D eigenvalue weighted by atomic mass is 9.99. The molecule has 5 aliphatic rings. The number of rotatable bonds is 2. The summed E-state index contributed by atoms with van der Waals surface area (Å²) in [6.45, 7) is 4.07. The minimum Gasteiger partial charge on any atom is -0.493 e. The van der Waals surface area contributed by atoms with E-state index in [1.807, 2.05) is 30.3 Å². The number of H-pyrrole nitrogens is 1. The van der Waals surface area contributed by atoms with Crippen molar-refractivity contribution < 1.29 is 28.6 Å². The van der Waals surface area contributed by atoms with Gasteiger partial charge in [0.1, 0.15) is 17.4 Å². The number of methoxy groups -OCH3 is 1. The van der Waals surface area contributed by atoms with Gasteiger partial charge >= 0.3 is 0 Å². The molecule has 226 valence electrons. The summed E-state index contributed by atoms with van der Waals surface area (Å²) in [7, 11) is 1.51. The van der Waals surface area contributed by atoms with Crippen molar-refractivity contribution in [2.24, 2.45) is 0 Å². The summed E-state index contributed by atoms with van der Waals surface area (Å²) < 4.78 is 17.6. The number of likely N-dealkylation sites (tertiary alicyclic amines) is 1. The molecule has 8 rings (SSSR count). The van der Waals surface area contributed by atoms with Crippen LogP contribution in [-0.4, -0.2) is 66.6 Å². The van der Waals surface area contributed by atoms with Crippen molar-refractivity contribution in [1.29, 1.82) is 0 Å². The SMILES string of the molecule is COc1cc2ccc1OCC(=O)N[C@@H]1CN(C(=O)c3c(C)cc(C)[nH]c3=O)CC[C@H]1Oc1ccc(cc1)CNC(=O)CC2. The second kappa shape index (κ2) is 13.0.